The van der Waals surface area contributed by atoms with Crippen molar-refractivity contribution < 1.29 is 17.6 Å². The molecular formula is C15H20F4N2. The Morgan fingerprint density at radius 1 is 1.29 bits per heavy atom. The third kappa shape index (κ3) is 5.63. The fourth-order valence-corrected chi connectivity index (χ4v) is 2.89. The van der Waals surface area contributed by atoms with Gasteiger partial charge in [-0.3, -0.25) is 4.90 Å². The van der Waals surface area contributed by atoms with Gasteiger partial charge in [-0.05, 0) is 30.0 Å². The Bertz CT molecular complexity index is 461. The highest BCUT2D eigenvalue weighted by molar-refractivity contribution is 5.16. The molecule has 1 aromatic rings. The minimum atomic E-state index is -4.19. The zero-order chi connectivity index (χ0) is 15.5. The van der Waals surface area contributed by atoms with Crippen LogP contribution in [0.1, 0.15) is 18.9 Å². The van der Waals surface area contributed by atoms with Crippen molar-refractivity contribution in [1.82, 2.24) is 10.2 Å². The van der Waals surface area contributed by atoms with Crippen molar-refractivity contribution in [3.8, 4) is 0 Å². The maximum atomic E-state index is 13.2. The minimum Gasteiger partial charge on any atom is -0.305 e. The van der Waals surface area contributed by atoms with Gasteiger partial charge in [0.15, 0.2) is 0 Å². The summed E-state index contributed by atoms with van der Waals surface area (Å²) in [6.45, 7) is 3.00. The van der Waals surface area contributed by atoms with Gasteiger partial charge in [-0.1, -0.05) is 19.1 Å². The molecule has 0 radical (unpaired) electrons. The normalized spacial score (nSPS) is 24.2. The minimum absolute atomic E-state index is 0.177. The molecule has 0 bridgehead atoms. The second-order valence-electron chi connectivity index (χ2n) is 5.86. The molecule has 21 heavy (non-hydrogen) atoms. The molecule has 0 aromatic heterocycles. The lowest BCUT2D eigenvalue weighted by Gasteiger charge is -2.37. The van der Waals surface area contributed by atoms with Crippen LogP contribution in [0, 0.1) is 11.7 Å². The average Bonchev–Trinajstić information content (AvgIpc) is 2.35. The van der Waals surface area contributed by atoms with E-state index in [1.807, 2.05) is 13.0 Å². The number of rotatable bonds is 4. The van der Waals surface area contributed by atoms with Gasteiger partial charge in [-0.15, -0.1) is 0 Å². The Morgan fingerprint density at radius 3 is 2.71 bits per heavy atom. The van der Waals surface area contributed by atoms with Gasteiger partial charge in [0.05, 0.1) is 6.54 Å². The number of hydrogen-bond acceptors (Lipinski definition) is 2. The summed E-state index contributed by atoms with van der Waals surface area (Å²) in [5.41, 5.74) is 0.846. The van der Waals surface area contributed by atoms with E-state index in [0.29, 0.717) is 19.0 Å². The molecule has 0 saturated carbocycles. The van der Waals surface area contributed by atoms with Crippen LogP contribution in [0.25, 0.3) is 0 Å². The lowest BCUT2D eigenvalue weighted by molar-refractivity contribution is -0.127. The largest absolute Gasteiger partial charge is 0.401 e. The second kappa shape index (κ2) is 6.75. The Balaban J connectivity index is 1.91. The molecular weight excluding hydrogens is 284 g/mol. The topological polar surface area (TPSA) is 15.3 Å². The van der Waals surface area contributed by atoms with Crippen LogP contribution >= 0.6 is 0 Å². The number of benzene rings is 1. The van der Waals surface area contributed by atoms with E-state index in [2.05, 4.69) is 10.2 Å². The summed E-state index contributed by atoms with van der Waals surface area (Å²) in [6, 6.07) is 6.16. The zero-order valence-electron chi connectivity index (χ0n) is 12.0. The summed E-state index contributed by atoms with van der Waals surface area (Å²) in [5, 5.41) is 2.58. The molecule has 1 aliphatic heterocycles. The van der Waals surface area contributed by atoms with Crippen LogP contribution in [-0.4, -0.2) is 36.8 Å². The first-order valence-corrected chi connectivity index (χ1v) is 7.09. The van der Waals surface area contributed by atoms with Gasteiger partial charge < -0.3 is 5.32 Å². The monoisotopic (exact) mass is 304 g/mol. The molecule has 2 rings (SSSR count). The highest BCUT2D eigenvalue weighted by atomic mass is 19.4. The molecule has 1 aromatic carbocycles. The van der Waals surface area contributed by atoms with E-state index in [1.54, 1.807) is 6.07 Å². The number of nitrogens with zero attached hydrogens (tertiary/aromatic N) is 1. The van der Waals surface area contributed by atoms with Crippen molar-refractivity contribution in [3.05, 3.63) is 35.6 Å². The smallest absolute Gasteiger partial charge is 0.305 e. The van der Waals surface area contributed by atoms with Gasteiger partial charge >= 0.3 is 6.18 Å². The SMILES string of the molecule is CC1CC(NCC(F)(F)F)CN(Cc2cccc(F)c2)C1. The highest BCUT2D eigenvalue weighted by Gasteiger charge is 2.31. The van der Waals surface area contributed by atoms with E-state index in [4.69, 9.17) is 0 Å². The zero-order valence-corrected chi connectivity index (χ0v) is 12.0. The van der Waals surface area contributed by atoms with Gasteiger partial charge in [0.2, 0.25) is 0 Å². The van der Waals surface area contributed by atoms with E-state index in [-0.39, 0.29) is 11.9 Å². The first-order chi connectivity index (χ1) is 9.82. The third-order valence-corrected chi connectivity index (χ3v) is 3.62. The lowest BCUT2D eigenvalue weighted by atomic mass is 9.95. The maximum Gasteiger partial charge on any atom is 0.401 e. The fourth-order valence-electron chi connectivity index (χ4n) is 2.89. The number of alkyl halides is 3. The molecule has 2 atom stereocenters. The lowest BCUT2D eigenvalue weighted by Crippen LogP contribution is -2.50. The van der Waals surface area contributed by atoms with Crippen molar-refractivity contribution in [2.45, 2.75) is 32.1 Å². The van der Waals surface area contributed by atoms with Gasteiger partial charge in [0, 0.05) is 25.7 Å². The van der Waals surface area contributed by atoms with Gasteiger partial charge in [-0.25, -0.2) is 4.39 Å². The van der Waals surface area contributed by atoms with Crippen LogP contribution < -0.4 is 5.32 Å². The summed E-state index contributed by atoms with van der Waals surface area (Å²) in [5.74, 6) is 0.0300. The van der Waals surface area contributed by atoms with Crippen LogP contribution in [0.2, 0.25) is 0 Å². The van der Waals surface area contributed by atoms with Crippen LogP contribution in [-0.2, 0) is 6.54 Å². The van der Waals surface area contributed by atoms with Gasteiger partial charge in [0.1, 0.15) is 5.82 Å². The summed E-state index contributed by atoms with van der Waals surface area (Å²) < 4.78 is 50.0. The van der Waals surface area contributed by atoms with Crippen molar-refractivity contribution in [3.63, 3.8) is 0 Å². The molecule has 1 fully saturated rings. The third-order valence-electron chi connectivity index (χ3n) is 3.62. The standard InChI is InChI=1S/C15H20F4N2/c1-11-5-14(20-10-15(17,18)19)9-21(7-11)8-12-3-2-4-13(16)6-12/h2-4,6,11,14,20H,5,7-10H2,1H3. The van der Waals surface area contributed by atoms with Crippen molar-refractivity contribution in [2.24, 2.45) is 5.92 Å². The number of likely N-dealkylation sites (tertiary alicyclic amines) is 1. The molecule has 0 aliphatic carbocycles. The Hall–Kier alpha value is -1.14. The van der Waals surface area contributed by atoms with Crippen LogP contribution in [0.3, 0.4) is 0 Å². The van der Waals surface area contributed by atoms with Crippen LogP contribution in [0.15, 0.2) is 24.3 Å². The summed E-state index contributed by atoms with van der Waals surface area (Å²) >= 11 is 0. The predicted octanol–water partition coefficient (Wildman–Crippen LogP) is 3.19. The molecule has 118 valence electrons. The number of piperidine rings is 1. The van der Waals surface area contributed by atoms with Crippen molar-refractivity contribution in [2.75, 3.05) is 19.6 Å². The molecule has 2 unspecified atom stereocenters. The van der Waals surface area contributed by atoms with Gasteiger partial charge in [0.25, 0.3) is 0 Å². The molecule has 1 N–H and O–H groups in total. The first kappa shape index (κ1) is 16.2. The fraction of sp³-hybridized carbons (Fsp3) is 0.600. The summed E-state index contributed by atoms with van der Waals surface area (Å²) in [7, 11) is 0. The predicted molar refractivity (Wildman–Crippen MR) is 73.3 cm³/mol. The van der Waals surface area contributed by atoms with E-state index >= 15 is 0 Å². The molecule has 1 saturated heterocycles. The van der Waals surface area contributed by atoms with E-state index < -0.39 is 12.7 Å². The van der Waals surface area contributed by atoms with E-state index in [1.165, 1.54) is 12.1 Å². The molecule has 0 spiro atoms. The molecule has 1 aliphatic rings. The Kier molecular flexibility index (Phi) is 5.22. The van der Waals surface area contributed by atoms with Crippen molar-refractivity contribution >= 4 is 0 Å². The summed E-state index contributed by atoms with van der Waals surface area (Å²) in [6.07, 6.45) is -3.45. The van der Waals surface area contributed by atoms with Crippen LogP contribution in [0.4, 0.5) is 17.6 Å². The Morgan fingerprint density at radius 2 is 2.05 bits per heavy atom. The van der Waals surface area contributed by atoms with Crippen LogP contribution in [0.5, 0.6) is 0 Å². The van der Waals surface area contributed by atoms with E-state index in [0.717, 1.165) is 18.5 Å². The second-order valence-corrected chi connectivity index (χ2v) is 5.86. The van der Waals surface area contributed by atoms with Gasteiger partial charge in [-0.2, -0.15) is 13.2 Å². The van der Waals surface area contributed by atoms with Crippen molar-refractivity contribution in [1.29, 1.82) is 0 Å². The average molecular weight is 304 g/mol. The maximum absolute atomic E-state index is 13.2. The molecule has 0 amide bonds. The molecule has 1 heterocycles. The quantitative estimate of drug-likeness (QED) is 0.860. The first-order valence-electron chi connectivity index (χ1n) is 7.09. The number of halogens is 4. The highest BCUT2D eigenvalue weighted by Crippen LogP contribution is 2.20. The number of hydrogen-bond donors (Lipinski definition) is 1. The molecule has 6 heteroatoms. The molecule has 2 nitrogen and oxygen atoms in total. The van der Waals surface area contributed by atoms with E-state index in [9.17, 15) is 17.6 Å². The number of nitrogens with one attached hydrogen (secondary N) is 1. The summed E-state index contributed by atoms with van der Waals surface area (Å²) in [4.78, 5) is 2.08. The Labute approximate surface area is 122 Å².